The van der Waals surface area contributed by atoms with Crippen molar-refractivity contribution in [1.29, 1.82) is 0 Å². The average molecular weight is 238 g/mol. The van der Waals surface area contributed by atoms with Gasteiger partial charge < -0.3 is 5.11 Å². The number of aromatic hydroxyl groups is 1. The molecule has 0 saturated carbocycles. The molecule has 0 amide bonds. The van der Waals surface area contributed by atoms with Crippen LogP contribution in [0, 0.1) is 0 Å². The van der Waals surface area contributed by atoms with E-state index >= 15 is 0 Å². The number of halogens is 1. The minimum atomic E-state index is 0.236. The lowest BCUT2D eigenvalue weighted by Gasteiger charge is -2.03. The quantitative estimate of drug-likeness (QED) is 0.775. The molecule has 0 saturated heterocycles. The molecule has 0 atom stereocenters. The van der Waals surface area contributed by atoms with Gasteiger partial charge in [-0.15, -0.1) is 0 Å². The van der Waals surface area contributed by atoms with E-state index in [4.69, 9.17) is 0 Å². The molecule has 0 spiro atoms. The number of benzene rings is 1. The normalized spacial score (nSPS) is 10.5. The summed E-state index contributed by atoms with van der Waals surface area (Å²) in [5.74, 6) is 0.236. The van der Waals surface area contributed by atoms with Crippen molar-refractivity contribution < 1.29 is 5.11 Å². The van der Waals surface area contributed by atoms with Crippen LogP contribution in [0.25, 0.3) is 10.9 Å². The summed E-state index contributed by atoms with van der Waals surface area (Å²) in [4.78, 5) is 4.12. The van der Waals surface area contributed by atoms with Gasteiger partial charge in [0.1, 0.15) is 11.3 Å². The molecule has 2 nitrogen and oxygen atoms in total. The van der Waals surface area contributed by atoms with Crippen LogP contribution >= 0.6 is 15.9 Å². The Morgan fingerprint density at radius 2 is 2.15 bits per heavy atom. The molecule has 0 aliphatic carbocycles. The van der Waals surface area contributed by atoms with Gasteiger partial charge in [0, 0.05) is 16.9 Å². The average Bonchev–Trinajstić information content (AvgIpc) is 2.19. The Morgan fingerprint density at radius 1 is 1.31 bits per heavy atom. The molecule has 0 aliphatic rings. The van der Waals surface area contributed by atoms with Crippen LogP contribution < -0.4 is 0 Å². The third-order valence-corrected chi connectivity index (χ3v) is 2.59. The molecule has 0 unspecified atom stereocenters. The molecule has 1 N–H and O–H groups in total. The van der Waals surface area contributed by atoms with Crippen molar-refractivity contribution in [3.05, 3.63) is 36.0 Å². The van der Waals surface area contributed by atoms with E-state index in [1.54, 1.807) is 12.3 Å². The number of nitrogens with zero attached hydrogens (tertiary/aromatic N) is 1. The van der Waals surface area contributed by atoms with Crippen molar-refractivity contribution in [3.63, 3.8) is 0 Å². The molecule has 0 fully saturated rings. The number of fused-ring (bicyclic) bond motifs is 1. The minimum Gasteiger partial charge on any atom is -0.506 e. The first-order valence-corrected chi connectivity index (χ1v) is 5.06. The van der Waals surface area contributed by atoms with Crippen LogP contribution in [0.5, 0.6) is 5.75 Å². The second-order valence-corrected chi connectivity index (χ2v) is 3.34. The van der Waals surface area contributed by atoms with Crippen LogP contribution in [0.2, 0.25) is 0 Å². The molecule has 0 bridgehead atoms. The van der Waals surface area contributed by atoms with E-state index in [0.29, 0.717) is 5.52 Å². The minimum absolute atomic E-state index is 0.236. The van der Waals surface area contributed by atoms with Crippen molar-refractivity contribution in [3.8, 4) is 5.75 Å². The van der Waals surface area contributed by atoms with Crippen molar-refractivity contribution in [2.24, 2.45) is 0 Å². The highest BCUT2D eigenvalue weighted by Crippen LogP contribution is 2.26. The van der Waals surface area contributed by atoms with Gasteiger partial charge in [0.25, 0.3) is 0 Å². The lowest BCUT2D eigenvalue weighted by atomic mass is 10.1. The molecule has 0 radical (unpaired) electrons. The molecular formula is C10H8BrNO. The molecule has 2 aromatic rings. The van der Waals surface area contributed by atoms with E-state index in [1.165, 1.54) is 0 Å². The van der Waals surface area contributed by atoms with Crippen LogP contribution in [0.3, 0.4) is 0 Å². The standard InChI is InChI=1S/C10H8BrNO/c11-6-7-3-4-9(13)10-8(7)2-1-5-12-10/h1-5,13H,6H2. The highest BCUT2D eigenvalue weighted by atomic mass is 79.9. The maximum absolute atomic E-state index is 9.51. The molecule has 1 heterocycles. The van der Waals surface area contributed by atoms with E-state index in [1.807, 2.05) is 18.2 Å². The number of hydrogen-bond acceptors (Lipinski definition) is 2. The SMILES string of the molecule is Oc1ccc(CBr)c2cccnc12. The summed E-state index contributed by atoms with van der Waals surface area (Å²) in [7, 11) is 0. The Balaban J connectivity index is 2.84. The maximum atomic E-state index is 9.51. The van der Waals surface area contributed by atoms with Crippen molar-refractivity contribution >= 4 is 26.8 Å². The van der Waals surface area contributed by atoms with E-state index in [2.05, 4.69) is 20.9 Å². The topological polar surface area (TPSA) is 33.1 Å². The third-order valence-electron chi connectivity index (χ3n) is 1.98. The van der Waals surface area contributed by atoms with E-state index < -0.39 is 0 Å². The second-order valence-electron chi connectivity index (χ2n) is 2.78. The molecular weight excluding hydrogens is 230 g/mol. The summed E-state index contributed by atoms with van der Waals surface area (Å²) in [5, 5.41) is 11.3. The van der Waals surface area contributed by atoms with Gasteiger partial charge >= 0.3 is 0 Å². The first-order chi connectivity index (χ1) is 6.33. The number of pyridine rings is 1. The van der Waals surface area contributed by atoms with Crippen LogP contribution in [0.15, 0.2) is 30.5 Å². The van der Waals surface area contributed by atoms with Gasteiger partial charge in [-0.1, -0.05) is 28.1 Å². The van der Waals surface area contributed by atoms with Crippen LogP contribution in [0.4, 0.5) is 0 Å². The number of alkyl halides is 1. The summed E-state index contributed by atoms with van der Waals surface area (Å²) >= 11 is 3.39. The molecule has 2 rings (SSSR count). The van der Waals surface area contributed by atoms with Crippen molar-refractivity contribution in [1.82, 2.24) is 4.98 Å². The zero-order chi connectivity index (χ0) is 9.26. The smallest absolute Gasteiger partial charge is 0.141 e. The summed E-state index contributed by atoms with van der Waals surface area (Å²) in [6.07, 6.45) is 1.68. The summed E-state index contributed by atoms with van der Waals surface area (Å²) in [5.41, 5.74) is 1.81. The fourth-order valence-electron chi connectivity index (χ4n) is 1.33. The van der Waals surface area contributed by atoms with Gasteiger partial charge in [-0.2, -0.15) is 0 Å². The highest BCUT2D eigenvalue weighted by molar-refractivity contribution is 9.08. The number of rotatable bonds is 1. The number of phenols is 1. The Bertz CT molecular complexity index is 442. The van der Waals surface area contributed by atoms with Gasteiger partial charge in [0.15, 0.2) is 0 Å². The van der Waals surface area contributed by atoms with Gasteiger partial charge in [-0.3, -0.25) is 4.98 Å². The van der Waals surface area contributed by atoms with Gasteiger partial charge in [0.05, 0.1) is 0 Å². The predicted molar refractivity (Wildman–Crippen MR) is 56.0 cm³/mol. The molecule has 1 aromatic heterocycles. The van der Waals surface area contributed by atoms with Gasteiger partial charge in [-0.05, 0) is 17.7 Å². The summed E-state index contributed by atoms with van der Waals surface area (Å²) in [6.45, 7) is 0. The highest BCUT2D eigenvalue weighted by Gasteiger charge is 2.03. The Morgan fingerprint density at radius 3 is 2.92 bits per heavy atom. The summed E-state index contributed by atoms with van der Waals surface area (Å²) in [6, 6.07) is 7.40. The monoisotopic (exact) mass is 237 g/mol. The molecule has 13 heavy (non-hydrogen) atoms. The number of hydrogen-bond donors (Lipinski definition) is 1. The van der Waals surface area contributed by atoms with Gasteiger partial charge in [0.2, 0.25) is 0 Å². The molecule has 0 aliphatic heterocycles. The van der Waals surface area contributed by atoms with Crippen LogP contribution in [-0.2, 0) is 5.33 Å². The first-order valence-electron chi connectivity index (χ1n) is 3.94. The van der Waals surface area contributed by atoms with Crippen molar-refractivity contribution in [2.75, 3.05) is 0 Å². The second kappa shape index (κ2) is 3.34. The zero-order valence-electron chi connectivity index (χ0n) is 6.87. The first kappa shape index (κ1) is 8.51. The lowest BCUT2D eigenvalue weighted by molar-refractivity contribution is 0.480. The molecule has 1 aromatic carbocycles. The van der Waals surface area contributed by atoms with Crippen LogP contribution in [-0.4, -0.2) is 10.1 Å². The van der Waals surface area contributed by atoms with Crippen LogP contribution in [0.1, 0.15) is 5.56 Å². The third kappa shape index (κ3) is 1.40. The predicted octanol–water partition coefficient (Wildman–Crippen LogP) is 2.84. The van der Waals surface area contributed by atoms with Gasteiger partial charge in [-0.25, -0.2) is 0 Å². The Kier molecular flexibility index (Phi) is 2.19. The number of aromatic nitrogens is 1. The fraction of sp³-hybridized carbons (Fsp3) is 0.100. The molecule has 66 valence electrons. The Hall–Kier alpha value is -1.09. The zero-order valence-corrected chi connectivity index (χ0v) is 8.45. The lowest BCUT2D eigenvalue weighted by Crippen LogP contribution is -1.84. The van der Waals surface area contributed by atoms with E-state index in [9.17, 15) is 5.11 Å². The van der Waals surface area contributed by atoms with E-state index in [0.717, 1.165) is 16.3 Å². The summed E-state index contributed by atoms with van der Waals surface area (Å²) < 4.78 is 0. The molecule has 3 heteroatoms. The Labute approximate surface area is 84.4 Å². The van der Waals surface area contributed by atoms with Crippen molar-refractivity contribution in [2.45, 2.75) is 5.33 Å². The van der Waals surface area contributed by atoms with E-state index in [-0.39, 0.29) is 5.75 Å². The maximum Gasteiger partial charge on any atom is 0.141 e. The number of phenolic OH excluding ortho intramolecular Hbond substituents is 1. The fourth-order valence-corrected chi connectivity index (χ4v) is 1.82. The largest absolute Gasteiger partial charge is 0.506 e.